The molecular weight excluding hydrogens is 432 g/mol. The summed E-state index contributed by atoms with van der Waals surface area (Å²) in [5.41, 5.74) is 1.40. The molecule has 0 amide bonds. The Kier molecular flexibility index (Phi) is 5.07. The Balaban J connectivity index is 1.70. The lowest BCUT2D eigenvalue weighted by atomic mass is 10.1. The molecule has 32 heavy (non-hydrogen) atoms. The summed E-state index contributed by atoms with van der Waals surface area (Å²) < 4.78 is 28.1. The molecule has 0 unspecified atom stereocenters. The van der Waals surface area contributed by atoms with Crippen LogP contribution in [0, 0.1) is 11.6 Å². The highest BCUT2D eigenvalue weighted by Crippen LogP contribution is 2.31. The molecule has 0 aliphatic rings. The summed E-state index contributed by atoms with van der Waals surface area (Å²) >= 11 is 6.24. The number of H-pyrrole nitrogens is 1. The minimum atomic E-state index is -1.08. The van der Waals surface area contributed by atoms with E-state index in [0.717, 1.165) is 22.7 Å². The lowest BCUT2D eigenvalue weighted by Crippen LogP contribution is -2.20. The normalized spacial score (nSPS) is 11.2. The van der Waals surface area contributed by atoms with E-state index < -0.39 is 17.2 Å². The monoisotopic (exact) mass is 447 g/mol. The molecule has 3 aromatic carbocycles. The maximum Gasteiger partial charge on any atom is 0.248 e. The molecule has 0 spiro atoms. The van der Waals surface area contributed by atoms with Crippen molar-refractivity contribution in [3.63, 3.8) is 0 Å². The molecule has 1 N–H and O–H groups in total. The van der Waals surface area contributed by atoms with Gasteiger partial charge >= 0.3 is 0 Å². The second kappa shape index (κ2) is 8.05. The molecule has 0 radical (unpaired) electrons. The van der Waals surface area contributed by atoms with E-state index in [-0.39, 0.29) is 12.1 Å². The number of aromatic nitrogens is 2. The van der Waals surface area contributed by atoms with Crippen LogP contribution in [0.3, 0.4) is 0 Å². The van der Waals surface area contributed by atoms with Crippen molar-refractivity contribution in [2.75, 3.05) is 4.90 Å². The summed E-state index contributed by atoms with van der Waals surface area (Å²) in [5, 5.41) is 1.94. The van der Waals surface area contributed by atoms with E-state index in [1.807, 2.05) is 53.4 Å². The van der Waals surface area contributed by atoms with Crippen LogP contribution < -0.4 is 10.5 Å². The summed E-state index contributed by atoms with van der Waals surface area (Å²) in [7, 11) is 0. The predicted octanol–water partition coefficient (Wildman–Crippen LogP) is 6.35. The van der Waals surface area contributed by atoms with Crippen LogP contribution in [0.15, 0.2) is 83.7 Å². The number of nitrogens with one attached hydrogen (secondary N) is 1. The molecule has 7 heteroatoms. The van der Waals surface area contributed by atoms with Gasteiger partial charge in [0.15, 0.2) is 11.6 Å². The topological polar surface area (TPSA) is 49.0 Å². The van der Waals surface area contributed by atoms with Crippen LogP contribution in [0.5, 0.6) is 0 Å². The van der Waals surface area contributed by atoms with Gasteiger partial charge in [-0.25, -0.2) is 13.8 Å². The van der Waals surface area contributed by atoms with E-state index in [1.165, 1.54) is 12.1 Å². The van der Waals surface area contributed by atoms with Crippen LogP contribution in [0.25, 0.3) is 21.8 Å². The Morgan fingerprint density at radius 1 is 0.938 bits per heavy atom. The summed E-state index contributed by atoms with van der Waals surface area (Å²) in [6, 6.07) is 22.7. The van der Waals surface area contributed by atoms with Gasteiger partial charge in [0.25, 0.3) is 0 Å². The number of pyridine rings is 2. The zero-order valence-corrected chi connectivity index (χ0v) is 17.4. The van der Waals surface area contributed by atoms with Crippen molar-refractivity contribution < 1.29 is 8.78 Å². The van der Waals surface area contributed by atoms with Gasteiger partial charge in [-0.1, -0.05) is 35.9 Å². The zero-order chi connectivity index (χ0) is 22.2. The van der Waals surface area contributed by atoms with Gasteiger partial charge in [0.05, 0.1) is 17.6 Å². The number of halogens is 3. The number of anilines is 2. The molecule has 2 heterocycles. The first kappa shape index (κ1) is 20.2. The van der Waals surface area contributed by atoms with Gasteiger partial charge in [0, 0.05) is 27.5 Å². The van der Waals surface area contributed by atoms with E-state index in [0.29, 0.717) is 21.8 Å². The van der Waals surface area contributed by atoms with Crippen molar-refractivity contribution in [3.8, 4) is 0 Å². The Bertz CT molecular complexity index is 1530. The first-order chi connectivity index (χ1) is 15.5. The summed E-state index contributed by atoms with van der Waals surface area (Å²) in [5.74, 6) is -1.48. The van der Waals surface area contributed by atoms with Gasteiger partial charge in [-0.3, -0.25) is 4.79 Å². The Morgan fingerprint density at radius 2 is 1.78 bits per heavy atom. The quantitative estimate of drug-likeness (QED) is 0.349. The Morgan fingerprint density at radius 3 is 2.62 bits per heavy atom. The van der Waals surface area contributed by atoms with Crippen LogP contribution in [-0.4, -0.2) is 9.97 Å². The largest absolute Gasteiger partial charge is 0.322 e. The van der Waals surface area contributed by atoms with Crippen molar-refractivity contribution in [2.24, 2.45) is 0 Å². The first-order valence-electron chi connectivity index (χ1n) is 9.88. The third-order valence-corrected chi connectivity index (χ3v) is 5.54. The molecule has 158 valence electrons. The molecule has 4 nitrogen and oxygen atoms in total. The van der Waals surface area contributed by atoms with Crippen molar-refractivity contribution >= 4 is 44.9 Å². The molecule has 5 aromatic rings. The van der Waals surface area contributed by atoms with Gasteiger partial charge in [0.1, 0.15) is 5.82 Å². The predicted molar refractivity (Wildman–Crippen MR) is 124 cm³/mol. The fraction of sp³-hybridized carbons (Fsp3) is 0.0400. The number of hydrogen-bond donors (Lipinski definition) is 1. The molecule has 5 rings (SSSR count). The minimum absolute atomic E-state index is 0.162. The lowest BCUT2D eigenvalue weighted by molar-refractivity contribution is 0.515. The fourth-order valence-electron chi connectivity index (χ4n) is 3.79. The molecule has 0 aliphatic carbocycles. The molecule has 0 fully saturated rings. The maximum atomic E-state index is 14.4. The van der Waals surface area contributed by atoms with E-state index in [9.17, 15) is 13.6 Å². The van der Waals surface area contributed by atoms with Crippen LogP contribution in [0.1, 0.15) is 5.56 Å². The van der Waals surface area contributed by atoms with Crippen LogP contribution in [0.2, 0.25) is 5.02 Å². The molecule has 0 atom stereocenters. The average Bonchev–Trinajstić information content (AvgIpc) is 2.79. The van der Waals surface area contributed by atoms with Crippen molar-refractivity contribution in [1.82, 2.24) is 9.97 Å². The van der Waals surface area contributed by atoms with Gasteiger partial charge in [-0.2, -0.15) is 0 Å². The number of hydrogen-bond acceptors (Lipinski definition) is 3. The molecular formula is C25H16ClF2N3O. The number of para-hydroxylation sites is 1. The summed E-state index contributed by atoms with van der Waals surface area (Å²) in [6.07, 6.45) is 0. The summed E-state index contributed by atoms with van der Waals surface area (Å²) in [6.45, 7) is 0.192. The number of fused-ring (bicyclic) bond motifs is 2. The first-order valence-corrected chi connectivity index (χ1v) is 10.3. The van der Waals surface area contributed by atoms with Gasteiger partial charge in [-0.05, 0) is 54.1 Å². The van der Waals surface area contributed by atoms with E-state index >= 15 is 0 Å². The highest BCUT2D eigenvalue weighted by atomic mass is 35.5. The summed E-state index contributed by atoms with van der Waals surface area (Å²) in [4.78, 5) is 21.3. The highest BCUT2D eigenvalue weighted by molar-refractivity contribution is 6.30. The fourth-order valence-corrected chi connectivity index (χ4v) is 3.98. The van der Waals surface area contributed by atoms with E-state index in [1.54, 1.807) is 12.1 Å². The molecule has 0 aliphatic heterocycles. The second-order valence-electron chi connectivity index (χ2n) is 7.37. The lowest BCUT2D eigenvalue weighted by Gasteiger charge is -2.25. The molecule has 0 bridgehead atoms. The smallest absolute Gasteiger partial charge is 0.248 e. The Labute approximate surface area is 186 Å². The second-order valence-corrected chi connectivity index (χ2v) is 7.81. The zero-order valence-electron chi connectivity index (χ0n) is 16.6. The van der Waals surface area contributed by atoms with Gasteiger partial charge in [0.2, 0.25) is 5.56 Å². The van der Waals surface area contributed by atoms with Crippen LogP contribution >= 0.6 is 11.6 Å². The average molecular weight is 448 g/mol. The number of aromatic amines is 1. The van der Waals surface area contributed by atoms with Crippen LogP contribution in [0.4, 0.5) is 20.3 Å². The van der Waals surface area contributed by atoms with Gasteiger partial charge < -0.3 is 9.88 Å². The molecule has 0 saturated heterocycles. The maximum absolute atomic E-state index is 14.4. The highest BCUT2D eigenvalue weighted by Gasteiger charge is 2.17. The third-order valence-electron chi connectivity index (χ3n) is 5.30. The molecule has 0 saturated carbocycles. The standard InChI is InChI=1S/C25H16ClF2N3O/c26-17-5-3-6-18(13-17)31(22-11-8-15-4-1-2-7-21(15)29-22)14-16-12-23(32)30-25-19(16)9-10-20(27)24(25)28/h1-13H,14H2,(H,30,32). The van der Waals surface area contributed by atoms with E-state index in [4.69, 9.17) is 16.6 Å². The minimum Gasteiger partial charge on any atom is -0.322 e. The van der Waals surface area contributed by atoms with Crippen LogP contribution in [-0.2, 0) is 6.54 Å². The number of benzene rings is 3. The SMILES string of the molecule is O=c1cc(CN(c2cccc(Cl)c2)c2ccc3ccccc3n2)c2ccc(F)c(F)c2[nH]1. The van der Waals surface area contributed by atoms with E-state index in [2.05, 4.69) is 4.98 Å². The van der Waals surface area contributed by atoms with Gasteiger partial charge in [-0.15, -0.1) is 0 Å². The number of nitrogens with zero attached hydrogens (tertiary/aromatic N) is 2. The molecule has 2 aromatic heterocycles. The van der Waals surface area contributed by atoms with Crippen molar-refractivity contribution in [1.29, 1.82) is 0 Å². The number of rotatable bonds is 4. The van der Waals surface area contributed by atoms with Crippen molar-refractivity contribution in [2.45, 2.75) is 6.54 Å². The third kappa shape index (κ3) is 3.69. The Hall–Kier alpha value is -3.77. The van der Waals surface area contributed by atoms with Crippen molar-refractivity contribution in [3.05, 3.63) is 111 Å².